The van der Waals surface area contributed by atoms with Crippen LogP contribution in [0.4, 0.5) is 0 Å². The highest BCUT2D eigenvalue weighted by atomic mass is 35.5. The van der Waals surface area contributed by atoms with E-state index in [0.29, 0.717) is 30.8 Å². The Morgan fingerprint density at radius 1 is 1.44 bits per heavy atom. The molecule has 0 bridgehead atoms. The van der Waals surface area contributed by atoms with Gasteiger partial charge in [-0.15, -0.1) is 22.7 Å². The Morgan fingerprint density at radius 2 is 2.28 bits per heavy atom. The van der Waals surface area contributed by atoms with Gasteiger partial charge in [-0.05, 0) is 42.7 Å². The van der Waals surface area contributed by atoms with Crippen molar-refractivity contribution in [2.45, 2.75) is 26.4 Å². The number of carbonyl (C=O) groups is 1. The monoisotopic (exact) mass is 412 g/mol. The molecule has 1 N–H and O–H groups in total. The fourth-order valence-corrected chi connectivity index (χ4v) is 4.53. The lowest BCUT2D eigenvalue weighted by Gasteiger charge is -2.20. The Bertz CT molecular complexity index is 897. The van der Waals surface area contributed by atoms with E-state index in [2.05, 4.69) is 10.2 Å². The summed E-state index contributed by atoms with van der Waals surface area (Å²) in [6, 6.07) is 7.78. The molecule has 3 aromatic heterocycles. The first-order chi connectivity index (χ1) is 12.1. The molecule has 0 saturated carbocycles. The number of hydrogen-bond acceptors (Lipinski definition) is 5. The van der Waals surface area contributed by atoms with Gasteiger partial charge >= 0.3 is 0 Å². The number of nitrogens with zero attached hydrogens (tertiary/aromatic N) is 3. The molecule has 0 aliphatic heterocycles. The second-order valence-electron chi connectivity index (χ2n) is 5.35. The number of thiophene rings is 2. The molecule has 1 amide bonds. The quantitative estimate of drug-likeness (QED) is 0.566. The highest BCUT2D eigenvalue weighted by Crippen LogP contribution is 2.24. The first-order valence-corrected chi connectivity index (χ1v) is 10.3. The Hall–Kier alpha value is -1.48. The summed E-state index contributed by atoms with van der Waals surface area (Å²) >= 11 is 14.4. The lowest BCUT2D eigenvalue weighted by atomic mass is 10.3. The number of halogens is 1. The standard InChI is InChI=1S/C16H17ClN4OS3/c1-2-20(10-11-5-6-13(17)25-11)14(22)7-8-21-15(18-19-16(21)23)12-4-3-9-24-12/h3-6,9H,2,7-8,10H2,1H3,(H,19,23). The molecule has 5 nitrogen and oxygen atoms in total. The van der Waals surface area contributed by atoms with Crippen LogP contribution in [-0.2, 0) is 17.9 Å². The summed E-state index contributed by atoms with van der Waals surface area (Å²) in [4.78, 5) is 16.6. The predicted octanol–water partition coefficient (Wildman–Crippen LogP) is 4.82. The summed E-state index contributed by atoms with van der Waals surface area (Å²) in [5.41, 5.74) is 0. The Labute approximate surface area is 163 Å². The Balaban J connectivity index is 1.67. The van der Waals surface area contributed by atoms with Gasteiger partial charge in [-0.25, -0.2) is 0 Å². The molecule has 3 heterocycles. The number of aromatic nitrogens is 3. The first-order valence-electron chi connectivity index (χ1n) is 7.79. The summed E-state index contributed by atoms with van der Waals surface area (Å²) in [5, 5.41) is 9.10. The van der Waals surface area contributed by atoms with Crippen LogP contribution in [0.25, 0.3) is 10.7 Å². The first kappa shape index (κ1) is 18.3. The molecule has 0 aliphatic rings. The zero-order valence-electron chi connectivity index (χ0n) is 13.6. The van der Waals surface area contributed by atoms with Crippen LogP contribution in [-0.4, -0.2) is 32.1 Å². The van der Waals surface area contributed by atoms with Crippen molar-refractivity contribution in [1.82, 2.24) is 19.7 Å². The summed E-state index contributed by atoms with van der Waals surface area (Å²) in [7, 11) is 0. The number of hydrogen-bond donors (Lipinski definition) is 1. The van der Waals surface area contributed by atoms with E-state index in [-0.39, 0.29) is 5.91 Å². The number of rotatable bonds is 7. The maximum atomic E-state index is 12.6. The zero-order valence-corrected chi connectivity index (χ0v) is 16.8. The number of carbonyl (C=O) groups excluding carboxylic acids is 1. The predicted molar refractivity (Wildman–Crippen MR) is 106 cm³/mol. The maximum absolute atomic E-state index is 12.6. The second-order valence-corrected chi connectivity index (χ2v) is 8.48. The third kappa shape index (κ3) is 4.38. The molecule has 3 rings (SSSR count). The average molecular weight is 413 g/mol. The van der Waals surface area contributed by atoms with Gasteiger partial charge in [-0.3, -0.25) is 14.5 Å². The van der Waals surface area contributed by atoms with Crippen LogP contribution in [0.1, 0.15) is 18.2 Å². The molecule has 0 aromatic carbocycles. The molecule has 0 saturated heterocycles. The molecular formula is C16H17ClN4OS3. The van der Waals surface area contributed by atoms with Crippen LogP contribution in [0.15, 0.2) is 29.6 Å². The largest absolute Gasteiger partial charge is 0.338 e. The highest BCUT2D eigenvalue weighted by molar-refractivity contribution is 7.71. The molecule has 132 valence electrons. The maximum Gasteiger partial charge on any atom is 0.224 e. The fourth-order valence-electron chi connectivity index (χ4n) is 2.49. The third-order valence-corrected chi connectivity index (χ3v) is 6.15. The molecule has 0 radical (unpaired) electrons. The molecule has 0 fully saturated rings. The average Bonchev–Trinajstić information content (AvgIpc) is 3.32. The van der Waals surface area contributed by atoms with Crippen molar-refractivity contribution >= 4 is 52.4 Å². The minimum Gasteiger partial charge on any atom is -0.338 e. The zero-order chi connectivity index (χ0) is 17.8. The van der Waals surface area contributed by atoms with E-state index >= 15 is 0 Å². The Morgan fingerprint density at radius 3 is 2.92 bits per heavy atom. The summed E-state index contributed by atoms with van der Waals surface area (Å²) in [6.07, 6.45) is 0.374. The smallest absolute Gasteiger partial charge is 0.224 e. The van der Waals surface area contributed by atoms with E-state index in [1.165, 1.54) is 11.3 Å². The number of H-pyrrole nitrogens is 1. The Kier molecular flexibility index (Phi) is 6.06. The van der Waals surface area contributed by atoms with Crippen molar-refractivity contribution < 1.29 is 4.79 Å². The molecule has 0 aliphatic carbocycles. The van der Waals surface area contributed by atoms with E-state index in [1.54, 1.807) is 11.3 Å². The van der Waals surface area contributed by atoms with Crippen LogP contribution in [0.3, 0.4) is 0 Å². The van der Waals surface area contributed by atoms with Gasteiger partial charge in [-0.1, -0.05) is 17.7 Å². The molecule has 3 aromatic rings. The number of nitrogens with one attached hydrogen (secondary N) is 1. The molecular weight excluding hydrogens is 396 g/mol. The van der Waals surface area contributed by atoms with Crippen LogP contribution >= 0.6 is 46.5 Å². The van der Waals surface area contributed by atoms with Gasteiger partial charge < -0.3 is 4.90 Å². The van der Waals surface area contributed by atoms with Gasteiger partial charge in [0.15, 0.2) is 10.6 Å². The molecule has 9 heteroatoms. The van der Waals surface area contributed by atoms with Gasteiger partial charge in [0, 0.05) is 24.4 Å². The van der Waals surface area contributed by atoms with Crippen molar-refractivity contribution in [2.75, 3.05) is 6.54 Å². The van der Waals surface area contributed by atoms with Gasteiger partial charge in [0.25, 0.3) is 0 Å². The van der Waals surface area contributed by atoms with Crippen LogP contribution in [0.5, 0.6) is 0 Å². The molecule has 25 heavy (non-hydrogen) atoms. The van der Waals surface area contributed by atoms with Gasteiger partial charge in [-0.2, -0.15) is 5.10 Å². The second kappa shape index (κ2) is 8.27. The number of amides is 1. The van der Waals surface area contributed by atoms with Crippen LogP contribution in [0.2, 0.25) is 4.34 Å². The summed E-state index contributed by atoms with van der Waals surface area (Å²) in [6.45, 7) is 3.72. The normalized spacial score (nSPS) is 11.0. The highest BCUT2D eigenvalue weighted by Gasteiger charge is 2.16. The lowest BCUT2D eigenvalue weighted by Crippen LogP contribution is -2.30. The topological polar surface area (TPSA) is 53.9 Å². The third-order valence-electron chi connectivity index (χ3n) is 3.76. The van der Waals surface area contributed by atoms with Crippen molar-refractivity contribution in [3.8, 4) is 10.7 Å². The molecule has 0 spiro atoms. The summed E-state index contributed by atoms with van der Waals surface area (Å²) in [5.74, 6) is 0.869. The van der Waals surface area contributed by atoms with E-state index in [4.69, 9.17) is 23.8 Å². The fraction of sp³-hybridized carbons (Fsp3) is 0.312. The summed E-state index contributed by atoms with van der Waals surface area (Å²) < 4.78 is 3.16. The number of aromatic amines is 1. The van der Waals surface area contributed by atoms with Crippen LogP contribution < -0.4 is 0 Å². The SMILES string of the molecule is CCN(Cc1ccc(Cl)s1)C(=O)CCn1c(-c2cccs2)n[nH]c1=S. The van der Waals surface area contributed by atoms with E-state index in [1.807, 2.05) is 46.0 Å². The van der Waals surface area contributed by atoms with E-state index < -0.39 is 0 Å². The van der Waals surface area contributed by atoms with E-state index in [0.717, 1.165) is 19.9 Å². The van der Waals surface area contributed by atoms with Crippen molar-refractivity contribution in [1.29, 1.82) is 0 Å². The van der Waals surface area contributed by atoms with Crippen molar-refractivity contribution in [3.63, 3.8) is 0 Å². The van der Waals surface area contributed by atoms with E-state index in [9.17, 15) is 4.79 Å². The minimum absolute atomic E-state index is 0.0900. The van der Waals surface area contributed by atoms with Crippen LogP contribution in [0, 0.1) is 4.77 Å². The lowest BCUT2D eigenvalue weighted by molar-refractivity contribution is -0.131. The van der Waals surface area contributed by atoms with Gasteiger partial charge in [0.1, 0.15) is 0 Å². The van der Waals surface area contributed by atoms with Crippen molar-refractivity contribution in [2.24, 2.45) is 0 Å². The van der Waals surface area contributed by atoms with Gasteiger partial charge in [0.05, 0.1) is 15.8 Å². The van der Waals surface area contributed by atoms with Crippen molar-refractivity contribution in [3.05, 3.63) is 43.6 Å². The molecule has 0 unspecified atom stereocenters. The minimum atomic E-state index is 0.0900. The van der Waals surface area contributed by atoms with Gasteiger partial charge in [0.2, 0.25) is 5.91 Å². The molecule has 0 atom stereocenters.